The van der Waals surface area contributed by atoms with Crippen LogP contribution in [0.15, 0.2) is 36.4 Å². The highest BCUT2D eigenvalue weighted by Crippen LogP contribution is 2.34. The van der Waals surface area contributed by atoms with E-state index in [1.54, 1.807) is 0 Å². The summed E-state index contributed by atoms with van der Waals surface area (Å²) in [6.07, 6.45) is 1.33. The Morgan fingerprint density at radius 3 is 2.64 bits per heavy atom. The van der Waals surface area contributed by atoms with Crippen molar-refractivity contribution in [2.24, 2.45) is 0 Å². The zero-order valence-corrected chi connectivity index (χ0v) is 16.0. The van der Waals surface area contributed by atoms with E-state index in [1.807, 2.05) is 38.1 Å². The van der Waals surface area contributed by atoms with Crippen molar-refractivity contribution in [2.75, 3.05) is 18.1 Å². The van der Waals surface area contributed by atoms with Crippen LogP contribution in [-0.2, 0) is 4.79 Å². The van der Waals surface area contributed by atoms with Crippen LogP contribution in [-0.4, -0.2) is 35.1 Å². The molecule has 148 valence electrons. The average Bonchev–Trinajstić information content (AvgIpc) is 2.69. The van der Waals surface area contributed by atoms with E-state index in [4.69, 9.17) is 9.47 Å². The lowest BCUT2D eigenvalue weighted by Gasteiger charge is -2.30. The quantitative estimate of drug-likeness (QED) is 0.391. The number of nitro groups is 1. The van der Waals surface area contributed by atoms with Crippen LogP contribution < -0.4 is 14.4 Å². The van der Waals surface area contributed by atoms with Gasteiger partial charge in [0.25, 0.3) is 11.7 Å². The van der Waals surface area contributed by atoms with Gasteiger partial charge in [-0.2, -0.15) is 0 Å². The van der Waals surface area contributed by atoms with Crippen LogP contribution in [0.4, 0.5) is 11.6 Å². The van der Waals surface area contributed by atoms with E-state index >= 15 is 0 Å². The lowest BCUT2D eigenvalue weighted by atomic mass is 10.1. The van der Waals surface area contributed by atoms with Crippen LogP contribution in [0.3, 0.4) is 0 Å². The molecule has 0 bridgehead atoms. The number of pyridine rings is 1. The molecule has 8 heteroatoms. The minimum Gasteiger partial charge on any atom is -0.494 e. The molecule has 1 aromatic carbocycles. The Labute approximate surface area is 163 Å². The molecule has 2 aromatic rings. The lowest BCUT2D eigenvalue weighted by Crippen LogP contribution is -2.46. The Bertz CT molecular complexity index is 853. The predicted molar refractivity (Wildman–Crippen MR) is 104 cm³/mol. The average molecular weight is 385 g/mol. The highest BCUT2D eigenvalue weighted by atomic mass is 16.6. The van der Waals surface area contributed by atoms with Crippen LogP contribution in [0.2, 0.25) is 0 Å². The van der Waals surface area contributed by atoms with Gasteiger partial charge in [-0.3, -0.25) is 9.69 Å². The number of benzene rings is 1. The second-order valence-corrected chi connectivity index (χ2v) is 6.62. The van der Waals surface area contributed by atoms with Gasteiger partial charge in [-0.15, -0.1) is 0 Å². The van der Waals surface area contributed by atoms with Crippen LogP contribution in [0, 0.1) is 17.0 Å². The van der Waals surface area contributed by atoms with Crippen LogP contribution in [0.1, 0.15) is 31.7 Å². The van der Waals surface area contributed by atoms with Gasteiger partial charge >= 0.3 is 5.82 Å². The van der Waals surface area contributed by atoms with Gasteiger partial charge in [0, 0.05) is 12.6 Å². The molecule has 1 amide bonds. The Kier molecular flexibility index (Phi) is 6.08. The van der Waals surface area contributed by atoms with Crippen LogP contribution >= 0.6 is 0 Å². The third-order valence-electron chi connectivity index (χ3n) is 4.51. The molecule has 0 saturated carbocycles. The highest BCUT2D eigenvalue weighted by molar-refractivity contribution is 5.99. The number of nitrogens with zero attached hydrogens (tertiary/aromatic N) is 3. The minimum atomic E-state index is -0.598. The van der Waals surface area contributed by atoms with Crippen molar-refractivity contribution >= 4 is 17.5 Å². The first-order valence-corrected chi connectivity index (χ1v) is 9.32. The zero-order chi connectivity index (χ0) is 20.1. The van der Waals surface area contributed by atoms with Gasteiger partial charge < -0.3 is 19.6 Å². The lowest BCUT2D eigenvalue weighted by molar-refractivity contribution is -0.389. The summed E-state index contributed by atoms with van der Waals surface area (Å²) in [5, 5.41) is 11.0. The maximum atomic E-state index is 12.7. The number of fused-ring (bicyclic) bond motifs is 1. The number of amides is 1. The fourth-order valence-corrected chi connectivity index (χ4v) is 2.97. The molecular weight excluding hydrogens is 362 g/mol. The number of aromatic nitrogens is 1. The van der Waals surface area contributed by atoms with E-state index in [0.29, 0.717) is 31.7 Å². The molecule has 1 atom stereocenters. The third kappa shape index (κ3) is 4.39. The molecule has 1 aromatic heterocycles. The maximum absolute atomic E-state index is 12.7. The number of anilines is 1. The molecule has 0 aliphatic carbocycles. The molecule has 1 aliphatic rings. The van der Waals surface area contributed by atoms with Gasteiger partial charge in [0.05, 0.1) is 6.61 Å². The predicted octanol–water partition coefficient (Wildman–Crippen LogP) is 3.66. The van der Waals surface area contributed by atoms with E-state index in [-0.39, 0.29) is 17.5 Å². The molecule has 0 radical (unpaired) electrons. The van der Waals surface area contributed by atoms with E-state index < -0.39 is 11.0 Å². The molecule has 28 heavy (non-hydrogen) atoms. The number of rotatable bonds is 8. The standard InChI is InChI=1S/C20H23N3O5/c1-3-16-20(24)22(19-17(28-16)10-11-18(21-19)23(25)26)12-4-5-13-27-15-8-6-14(2)7-9-15/h6-11,16H,3-5,12-13H2,1-2H3. The number of unbranched alkanes of at least 4 members (excludes halogenated alkanes) is 1. The second kappa shape index (κ2) is 8.69. The van der Waals surface area contributed by atoms with Gasteiger partial charge in [-0.05, 0) is 54.3 Å². The molecule has 0 spiro atoms. The number of ether oxygens (including phenoxy) is 2. The Hall–Kier alpha value is -3.16. The summed E-state index contributed by atoms with van der Waals surface area (Å²) < 4.78 is 11.4. The molecule has 0 N–H and O–H groups in total. The highest BCUT2D eigenvalue weighted by Gasteiger charge is 2.37. The normalized spacial score (nSPS) is 15.7. The summed E-state index contributed by atoms with van der Waals surface area (Å²) in [6.45, 7) is 4.80. The van der Waals surface area contributed by atoms with Crippen molar-refractivity contribution in [1.82, 2.24) is 4.98 Å². The molecule has 0 fully saturated rings. The molecular formula is C20H23N3O5. The van der Waals surface area contributed by atoms with Crippen molar-refractivity contribution < 1.29 is 19.2 Å². The third-order valence-corrected chi connectivity index (χ3v) is 4.51. The topological polar surface area (TPSA) is 94.8 Å². The fourth-order valence-electron chi connectivity index (χ4n) is 2.97. The largest absolute Gasteiger partial charge is 0.494 e. The summed E-state index contributed by atoms with van der Waals surface area (Å²) in [6, 6.07) is 10.6. The summed E-state index contributed by atoms with van der Waals surface area (Å²) in [7, 11) is 0. The Balaban J connectivity index is 1.63. The Morgan fingerprint density at radius 1 is 1.21 bits per heavy atom. The van der Waals surface area contributed by atoms with Gasteiger partial charge in [-0.1, -0.05) is 24.6 Å². The first kappa shape index (κ1) is 19.6. The first-order chi connectivity index (χ1) is 13.5. The molecule has 8 nitrogen and oxygen atoms in total. The number of hydrogen-bond donors (Lipinski definition) is 0. The van der Waals surface area contributed by atoms with E-state index in [9.17, 15) is 14.9 Å². The van der Waals surface area contributed by atoms with E-state index in [1.165, 1.54) is 22.6 Å². The molecule has 0 saturated heterocycles. The maximum Gasteiger partial charge on any atom is 0.366 e. The van der Waals surface area contributed by atoms with Crippen molar-refractivity contribution in [3.05, 3.63) is 52.1 Å². The number of carbonyl (C=O) groups excluding carboxylic acids is 1. The van der Waals surface area contributed by atoms with Crippen molar-refractivity contribution in [1.29, 1.82) is 0 Å². The monoisotopic (exact) mass is 385 g/mol. The van der Waals surface area contributed by atoms with E-state index in [2.05, 4.69) is 4.98 Å². The van der Waals surface area contributed by atoms with Gasteiger partial charge in [0.15, 0.2) is 11.9 Å². The van der Waals surface area contributed by atoms with Crippen molar-refractivity contribution in [2.45, 2.75) is 39.2 Å². The van der Waals surface area contributed by atoms with Gasteiger partial charge in [0.1, 0.15) is 5.75 Å². The molecule has 2 heterocycles. The summed E-state index contributed by atoms with van der Waals surface area (Å²) in [4.78, 5) is 28.6. The summed E-state index contributed by atoms with van der Waals surface area (Å²) >= 11 is 0. The number of aryl methyl sites for hydroxylation is 1. The van der Waals surface area contributed by atoms with Crippen molar-refractivity contribution in [3.63, 3.8) is 0 Å². The molecule has 1 unspecified atom stereocenters. The zero-order valence-electron chi connectivity index (χ0n) is 16.0. The van der Waals surface area contributed by atoms with Crippen molar-refractivity contribution in [3.8, 4) is 11.5 Å². The fraction of sp³-hybridized carbons (Fsp3) is 0.400. The smallest absolute Gasteiger partial charge is 0.366 e. The second-order valence-electron chi connectivity index (χ2n) is 6.62. The summed E-state index contributed by atoms with van der Waals surface area (Å²) in [5.74, 6) is 0.887. The van der Waals surface area contributed by atoms with Crippen LogP contribution in [0.5, 0.6) is 11.5 Å². The van der Waals surface area contributed by atoms with Gasteiger partial charge in [0.2, 0.25) is 0 Å². The first-order valence-electron chi connectivity index (χ1n) is 9.32. The number of carbonyl (C=O) groups is 1. The minimum absolute atomic E-state index is 0.211. The molecule has 3 rings (SSSR count). The number of hydrogen-bond acceptors (Lipinski definition) is 6. The Morgan fingerprint density at radius 2 is 1.96 bits per heavy atom. The van der Waals surface area contributed by atoms with E-state index in [0.717, 1.165) is 12.2 Å². The molecule has 1 aliphatic heterocycles. The summed E-state index contributed by atoms with van der Waals surface area (Å²) in [5.41, 5.74) is 1.17. The van der Waals surface area contributed by atoms with Gasteiger partial charge in [-0.25, -0.2) is 0 Å². The SMILES string of the molecule is CCC1Oc2ccc([N+](=O)[O-])nc2N(CCCCOc2ccc(C)cc2)C1=O. The van der Waals surface area contributed by atoms with Crippen LogP contribution in [0.25, 0.3) is 0 Å².